The first-order valence-corrected chi connectivity index (χ1v) is 6.87. The molecule has 0 aromatic heterocycles. The van der Waals surface area contributed by atoms with Gasteiger partial charge in [-0.05, 0) is 37.4 Å². The van der Waals surface area contributed by atoms with Crippen molar-refractivity contribution in [1.29, 1.82) is 0 Å². The molecule has 4 heteroatoms. The van der Waals surface area contributed by atoms with Gasteiger partial charge in [0, 0.05) is 31.8 Å². The highest BCUT2D eigenvalue weighted by atomic mass is 16.3. The third-order valence-electron chi connectivity index (χ3n) is 3.70. The summed E-state index contributed by atoms with van der Waals surface area (Å²) in [5, 5.41) is 12.0. The maximum atomic E-state index is 11.9. The number of likely N-dealkylation sites (tertiary alicyclic amines) is 1. The van der Waals surface area contributed by atoms with E-state index in [0.717, 1.165) is 37.3 Å². The van der Waals surface area contributed by atoms with Gasteiger partial charge >= 0.3 is 0 Å². The predicted octanol–water partition coefficient (Wildman–Crippen LogP) is 1.64. The molecule has 1 aliphatic rings. The van der Waals surface area contributed by atoms with E-state index in [4.69, 9.17) is 5.11 Å². The molecular weight excluding hydrogens is 240 g/mol. The zero-order chi connectivity index (χ0) is 13.7. The van der Waals surface area contributed by atoms with Crippen molar-refractivity contribution < 1.29 is 9.90 Å². The van der Waals surface area contributed by atoms with Gasteiger partial charge in [-0.3, -0.25) is 4.79 Å². The summed E-state index contributed by atoms with van der Waals surface area (Å²) >= 11 is 0. The standard InChI is InChI=1S/C15H22N2O2/c1-12-4-2-3-5-14(12)16-15(19)7-9-17-8-6-13(10-17)11-18/h2-5,13,18H,6-11H2,1H3,(H,16,19). The Morgan fingerprint density at radius 1 is 1.47 bits per heavy atom. The van der Waals surface area contributed by atoms with Crippen LogP contribution in [-0.4, -0.2) is 42.2 Å². The molecule has 104 valence electrons. The molecule has 1 aromatic carbocycles. The third-order valence-corrected chi connectivity index (χ3v) is 3.70. The molecule has 0 radical (unpaired) electrons. The maximum Gasteiger partial charge on any atom is 0.225 e. The zero-order valence-corrected chi connectivity index (χ0v) is 11.4. The van der Waals surface area contributed by atoms with Gasteiger partial charge in [0.2, 0.25) is 5.91 Å². The molecule has 1 amide bonds. The molecule has 1 aromatic rings. The topological polar surface area (TPSA) is 52.6 Å². The minimum absolute atomic E-state index is 0.0572. The largest absolute Gasteiger partial charge is 0.396 e. The van der Waals surface area contributed by atoms with E-state index in [2.05, 4.69) is 10.2 Å². The number of aryl methyl sites for hydroxylation is 1. The number of carbonyl (C=O) groups excluding carboxylic acids is 1. The van der Waals surface area contributed by atoms with Gasteiger partial charge in [0.1, 0.15) is 0 Å². The summed E-state index contributed by atoms with van der Waals surface area (Å²) in [5.41, 5.74) is 1.97. The lowest BCUT2D eigenvalue weighted by Crippen LogP contribution is -2.26. The van der Waals surface area contributed by atoms with Crippen LogP contribution < -0.4 is 5.32 Å². The smallest absolute Gasteiger partial charge is 0.225 e. The van der Waals surface area contributed by atoms with E-state index in [0.29, 0.717) is 12.3 Å². The Kier molecular flexibility index (Phi) is 4.93. The van der Waals surface area contributed by atoms with Crippen molar-refractivity contribution in [2.75, 3.05) is 31.6 Å². The van der Waals surface area contributed by atoms with Crippen LogP contribution in [0.4, 0.5) is 5.69 Å². The van der Waals surface area contributed by atoms with Gasteiger partial charge in [-0.1, -0.05) is 18.2 Å². The van der Waals surface area contributed by atoms with E-state index < -0.39 is 0 Å². The van der Waals surface area contributed by atoms with E-state index >= 15 is 0 Å². The van der Waals surface area contributed by atoms with Gasteiger partial charge in [0.15, 0.2) is 0 Å². The average molecular weight is 262 g/mol. The molecule has 0 aliphatic carbocycles. The quantitative estimate of drug-likeness (QED) is 0.848. The Labute approximate surface area is 114 Å². The number of para-hydroxylation sites is 1. The van der Waals surface area contributed by atoms with Crippen molar-refractivity contribution in [3.05, 3.63) is 29.8 Å². The number of nitrogens with zero attached hydrogens (tertiary/aromatic N) is 1. The monoisotopic (exact) mass is 262 g/mol. The summed E-state index contributed by atoms with van der Waals surface area (Å²) in [4.78, 5) is 14.1. The number of carbonyl (C=O) groups is 1. The predicted molar refractivity (Wildman–Crippen MR) is 76.1 cm³/mol. The fourth-order valence-corrected chi connectivity index (χ4v) is 2.45. The van der Waals surface area contributed by atoms with Crippen LogP contribution in [0.5, 0.6) is 0 Å². The van der Waals surface area contributed by atoms with E-state index in [1.165, 1.54) is 0 Å². The highest BCUT2D eigenvalue weighted by Gasteiger charge is 2.21. The van der Waals surface area contributed by atoms with E-state index in [1.807, 2.05) is 31.2 Å². The summed E-state index contributed by atoms with van der Waals surface area (Å²) in [5.74, 6) is 0.446. The van der Waals surface area contributed by atoms with Crippen LogP contribution >= 0.6 is 0 Å². The van der Waals surface area contributed by atoms with Crippen LogP contribution in [0.3, 0.4) is 0 Å². The normalized spacial score (nSPS) is 19.6. The molecule has 1 unspecified atom stereocenters. The molecule has 2 N–H and O–H groups in total. The van der Waals surface area contributed by atoms with Gasteiger partial charge in [-0.2, -0.15) is 0 Å². The second kappa shape index (κ2) is 6.68. The number of anilines is 1. The van der Waals surface area contributed by atoms with Crippen LogP contribution in [0.25, 0.3) is 0 Å². The molecule has 1 aliphatic heterocycles. The molecule has 4 nitrogen and oxygen atoms in total. The van der Waals surface area contributed by atoms with E-state index in [9.17, 15) is 4.79 Å². The number of benzene rings is 1. The van der Waals surface area contributed by atoms with Crippen LogP contribution in [-0.2, 0) is 4.79 Å². The van der Waals surface area contributed by atoms with Gasteiger partial charge in [-0.15, -0.1) is 0 Å². The summed E-state index contributed by atoms with van der Waals surface area (Å²) in [7, 11) is 0. The molecule has 0 saturated carbocycles. The Morgan fingerprint density at radius 2 is 2.26 bits per heavy atom. The van der Waals surface area contributed by atoms with Crippen molar-refractivity contribution in [3.63, 3.8) is 0 Å². The van der Waals surface area contributed by atoms with Gasteiger partial charge < -0.3 is 15.3 Å². The fraction of sp³-hybridized carbons (Fsp3) is 0.533. The molecule has 1 fully saturated rings. The molecular formula is C15H22N2O2. The molecule has 0 bridgehead atoms. The Morgan fingerprint density at radius 3 is 2.95 bits per heavy atom. The van der Waals surface area contributed by atoms with E-state index in [1.54, 1.807) is 0 Å². The molecule has 1 heterocycles. The molecule has 1 saturated heterocycles. The maximum absolute atomic E-state index is 11.9. The minimum atomic E-state index is 0.0572. The zero-order valence-electron chi connectivity index (χ0n) is 11.4. The van der Waals surface area contributed by atoms with Gasteiger partial charge in [0.25, 0.3) is 0 Å². The summed E-state index contributed by atoms with van der Waals surface area (Å²) in [6.07, 6.45) is 1.54. The van der Waals surface area contributed by atoms with Gasteiger partial charge in [-0.25, -0.2) is 0 Å². The number of amides is 1. The van der Waals surface area contributed by atoms with Crippen LogP contribution in [0, 0.1) is 12.8 Å². The number of hydrogen-bond donors (Lipinski definition) is 2. The Balaban J connectivity index is 1.75. The van der Waals surface area contributed by atoms with Crippen LogP contribution in [0.1, 0.15) is 18.4 Å². The molecule has 19 heavy (non-hydrogen) atoms. The lowest BCUT2D eigenvalue weighted by molar-refractivity contribution is -0.116. The first kappa shape index (κ1) is 14.0. The van der Waals surface area contributed by atoms with Crippen LogP contribution in [0.2, 0.25) is 0 Å². The fourth-order valence-electron chi connectivity index (χ4n) is 2.45. The Bertz CT molecular complexity index is 434. The first-order valence-electron chi connectivity index (χ1n) is 6.87. The molecule has 1 atom stereocenters. The first-order chi connectivity index (χ1) is 9.19. The summed E-state index contributed by atoms with van der Waals surface area (Å²) in [6.45, 7) is 4.92. The molecule has 2 rings (SSSR count). The lowest BCUT2D eigenvalue weighted by atomic mass is 10.1. The van der Waals surface area contributed by atoms with Crippen molar-refractivity contribution in [2.45, 2.75) is 19.8 Å². The number of aliphatic hydroxyl groups excluding tert-OH is 1. The van der Waals surface area contributed by atoms with Crippen molar-refractivity contribution in [2.24, 2.45) is 5.92 Å². The number of rotatable bonds is 5. The lowest BCUT2D eigenvalue weighted by Gasteiger charge is -2.15. The summed E-state index contributed by atoms with van der Waals surface area (Å²) < 4.78 is 0. The number of nitrogens with one attached hydrogen (secondary N) is 1. The highest BCUT2D eigenvalue weighted by molar-refractivity contribution is 5.91. The highest BCUT2D eigenvalue weighted by Crippen LogP contribution is 2.16. The number of hydrogen-bond acceptors (Lipinski definition) is 3. The van der Waals surface area contributed by atoms with Crippen molar-refractivity contribution >= 4 is 11.6 Å². The minimum Gasteiger partial charge on any atom is -0.396 e. The SMILES string of the molecule is Cc1ccccc1NC(=O)CCN1CCC(CO)C1. The van der Waals surface area contributed by atoms with Crippen molar-refractivity contribution in [3.8, 4) is 0 Å². The third kappa shape index (κ3) is 4.04. The second-order valence-electron chi connectivity index (χ2n) is 5.25. The van der Waals surface area contributed by atoms with Crippen molar-refractivity contribution in [1.82, 2.24) is 4.90 Å². The molecule has 0 spiro atoms. The second-order valence-corrected chi connectivity index (χ2v) is 5.25. The summed E-state index contributed by atoms with van der Waals surface area (Å²) in [6, 6.07) is 7.80. The number of aliphatic hydroxyl groups is 1. The average Bonchev–Trinajstić information content (AvgIpc) is 2.87. The van der Waals surface area contributed by atoms with Crippen LogP contribution in [0.15, 0.2) is 24.3 Å². The van der Waals surface area contributed by atoms with E-state index in [-0.39, 0.29) is 12.5 Å². The Hall–Kier alpha value is -1.39. The van der Waals surface area contributed by atoms with Gasteiger partial charge in [0.05, 0.1) is 0 Å².